The monoisotopic (exact) mass is 369 g/mol. The molecule has 0 spiro atoms. The van der Waals surface area contributed by atoms with Crippen molar-refractivity contribution >= 4 is 29.3 Å². The molecule has 0 radical (unpaired) electrons. The van der Waals surface area contributed by atoms with Gasteiger partial charge in [0.25, 0.3) is 5.91 Å². The van der Waals surface area contributed by atoms with Crippen LogP contribution < -0.4 is 10.2 Å². The van der Waals surface area contributed by atoms with Gasteiger partial charge in [0.05, 0.1) is 11.3 Å². The summed E-state index contributed by atoms with van der Waals surface area (Å²) in [5.41, 5.74) is 1.41. The molecule has 2 amide bonds. The molecule has 1 aromatic heterocycles. The Labute approximate surface area is 158 Å². The largest absolute Gasteiger partial charge is 0.356 e. The standard InChI is InChI=1S/C20H23N3O2S/c1-14(2)9-12-21-18(24)10-13-23-16-7-3-4-8-17(16)26-19-15(20(23)25)6-5-11-22-19/h3-8,11,14H,9-10,12-13H2,1-2H3,(H,21,24). The summed E-state index contributed by atoms with van der Waals surface area (Å²) in [6.45, 7) is 5.27. The van der Waals surface area contributed by atoms with E-state index in [9.17, 15) is 9.59 Å². The Bertz CT molecular complexity index is 807. The van der Waals surface area contributed by atoms with E-state index in [1.165, 1.54) is 11.8 Å². The number of amides is 2. The maximum atomic E-state index is 13.1. The highest BCUT2D eigenvalue weighted by Crippen LogP contribution is 2.39. The molecule has 0 bridgehead atoms. The van der Waals surface area contributed by atoms with E-state index >= 15 is 0 Å². The summed E-state index contributed by atoms with van der Waals surface area (Å²) in [6, 6.07) is 11.3. The molecule has 0 atom stereocenters. The van der Waals surface area contributed by atoms with E-state index in [-0.39, 0.29) is 18.2 Å². The topological polar surface area (TPSA) is 62.3 Å². The van der Waals surface area contributed by atoms with Crippen LogP contribution in [0.4, 0.5) is 5.69 Å². The van der Waals surface area contributed by atoms with Crippen LogP contribution in [0.2, 0.25) is 0 Å². The number of carbonyl (C=O) groups is 2. The number of hydrogen-bond donors (Lipinski definition) is 1. The number of aromatic nitrogens is 1. The molecule has 0 fully saturated rings. The smallest absolute Gasteiger partial charge is 0.261 e. The number of pyridine rings is 1. The minimum Gasteiger partial charge on any atom is -0.356 e. The quantitative estimate of drug-likeness (QED) is 0.842. The third-order valence-electron chi connectivity index (χ3n) is 4.22. The molecule has 1 aromatic carbocycles. The van der Waals surface area contributed by atoms with Crippen LogP contribution in [0.3, 0.4) is 0 Å². The van der Waals surface area contributed by atoms with Crippen molar-refractivity contribution in [3.8, 4) is 0 Å². The highest BCUT2D eigenvalue weighted by Gasteiger charge is 2.27. The summed E-state index contributed by atoms with van der Waals surface area (Å²) in [7, 11) is 0. The normalized spacial score (nSPS) is 13.2. The fourth-order valence-corrected chi connectivity index (χ4v) is 3.80. The molecule has 6 heteroatoms. The molecule has 3 rings (SSSR count). The first kappa shape index (κ1) is 18.5. The Morgan fingerprint density at radius 1 is 1.23 bits per heavy atom. The van der Waals surface area contributed by atoms with Crippen molar-refractivity contribution in [2.24, 2.45) is 5.92 Å². The van der Waals surface area contributed by atoms with Crippen LogP contribution in [0, 0.1) is 5.92 Å². The average Bonchev–Trinajstić information content (AvgIpc) is 2.74. The van der Waals surface area contributed by atoms with Crippen LogP contribution in [0.15, 0.2) is 52.5 Å². The molecular formula is C20H23N3O2S. The summed E-state index contributed by atoms with van der Waals surface area (Å²) in [6.07, 6.45) is 2.92. The van der Waals surface area contributed by atoms with Crippen LogP contribution in [0.5, 0.6) is 0 Å². The maximum Gasteiger partial charge on any atom is 0.261 e. The number of benzene rings is 1. The van der Waals surface area contributed by atoms with Crippen molar-refractivity contribution in [1.29, 1.82) is 0 Å². The van der Waals surface area contributed by atoms with Gasteiger partial charge in [-0.2, -0.15) is 0 Å². The zero-order valence-corrected chi connectivity index (χ0v) is 15.9. The molecule has 0 saturated heterocycles. The van der Waals surface area contributed by atoms with E-state index in [1.807, 2.05) is 24.3 Å². The van der Waals surface area contributed by atoms with Gasteiger partial charge < -0.3 is 10.2 Å². The predicted octanol–water partition coefficient (Wildman–Crippen LogP) is 3.75. The number of carbonyl (C=O) groups excluding carboxylic acids is 2. The first-order valence-corrected chi connectivity index (χ1v) is 9.68. The van der Waals surface area contributed by atoms with E-state index in [1.54, 1.807) is 23.2 Å². The Hall–Kier alpha value is -2.34. The summed E-state index contributed by atoms with van der Waals surface area (Å²) in [5, 5.41) is 3.64. The first-order valence-electron chi connectivity index (χ1n) is 8.86. The SMILES string of the molecule is CC(C)CCNC(=O)CCN1C(=O)c2cccnc2Sc2ccccc21. The van der Waals surface area contributed by atoms with Crippen molar-refractivity contribution in [1.82, 2.24) is 10.3 Å². The average molecular weight is 369 g/mol. The Morgan fingerprint density at radius 2 is 2.04 bits per heavy atom. The lowest BCUT2D eigenvalue weighted by molar-refractivity contribution is -0.120. The molecule has 1 N–H and O–H groups in total. The number of nitrogens with zero attached hydrogens (tertiary/aromatic N) is 2. The van der Waals surface area contributed by atoms with Gasteiger partial charge in [-0.05, 0) is 36.6 Å². The van der Waals surface area contributed by atoms with Crippen LogP contribution in [0.25, 0.3) is 0 Å². The molecule has 0 unspecified atom stereocenters. The van der Waals surface area contributed by atoms with Gasteiger partial charge in [-0.25, -0.2) is 4.98 Å². The van der Waals surface area contributed by atoms with Crippen molar-refractivity contribution < 1.29 is 9.59 Å². The second kappa shape index (κ2) is 8.36. The fourth-order valence-electron chi connectivity index (χ4n) is 2.78. The lowest BCUT2D eigenvalue weighted by Gasteiger charge is -2.22. The minimum absolute atomic E-state index is 0.0285. The zero-order chi connectivity index (χ0) is 18.5. The summed E-state index contributed by atoms with van der Waals surface area (Å²) >= 11 is 1.49. The zero-order valence-electron chi connectivity index (χ0n) is 15.1. The minimum atomic E-state index is -0.111. The van der Waals surface area contributed by atoms with Crippen LogP contribution >= 0.6 is 11.8 Å². The van der Waals surface area contributed by atoms with Gasteiger partial charge in [-0.1, -0.05) is 37.7 Å². The van der Waals surface area contributed by atoms with Gasteiger partial charge in [0.1, 0.15) is 5.03 Å². The lowest BCUT2D eigenvalue weighted by atomic mass is 10.1. The number of rotatable bonds is 6. The molecule has 5 nitrogen and oxygen atoms in total. The van der Waals surface area contributed by atoms with Gasteiger partial charge in [0.15, 0.2) is 0 Å². The van der Waals surface area contributed by atoms with Crippen molar-refractivity contribution in [2.75, 3.05) is 18.0 Å². The summed E-state index contributed by atoms with van der Waals surface area (Å²) in [4.78, 5) is 32.2. The van der Waals surface area contributed by atoms with Gasteiger partial charge in [0.2, 0.25) is 5.91 Å². The maximum absolute atomic E-state index is 13.1. The molecule has 1 aliphatic rings. The highest BCUT2D eigenvalue weighted by molar-refractivity contribution is 7.99. The van der Waals surface area contributed by atoms with Crippen molar-refractivity contribution in [3.05, 3.63) is 48.2 Å². The van der Waals surface area contributed by atoms with Gasteiger partial charge in [-0.15, -0.1) is 0 Å². The molecule has 2 heterocycles. The summed E-state index contributed by atoms with van der Waals surface area (Å²) in [5.74, 6) is 0.412. The molecule has 0 aliphatic carbocycles. The second-order valence-electron chi connectivity index (χ2n) is 6.67. The highest BCUT2D eigenvalue weighted by atomic mass is 32.2. The second-order valence-corrected chi connectivity index (χ2v) is 7.70. The number of anilines is 1. The van der Waals surface area contributed by atoms with Crippen molar-refractivity contribution in [2.45, 2.75) is 36.6 Å². The van der Waals surface area contributed by atoms with E-state index in [0.29, 0.717) is 29.6 Å². The molecule has 1 aliphatic heterocycles. The summed E-state index contributed by atoms with van der Waals surface area (Å²) < 4.78 is 0. The number of hydrogen-bond acceptors (Lipinski definition) is 4. The predicted molar refractivity (Wildman–Crippen MR) is 104 cm³/mol. The van der Waals surface area contributed by atoms with Gasteiger partial charge in [0, 0.05) is 30.6 Å². The van der Waals surface area contributed by atoms with E-state index in [4.69, 9.17) is 0 Å². The van der Waals surface area contributed by atoms with E-state index < -0.39 is 0 Å². The van der Waals surface area contributed by atoms with Crippen LogP contribution in [0.1, 0.15) is 37.0 Å². The first-order chi connectivity index (χ1) is 12.6. The Morgan fingerprint density at radius 3 is 2.85 bits per heavy atom. The molecule has 136 valence electrons. The third-order valence-corrected chi connectivity index (χ3v) is 5.30. The van der Waals surface area contributed by atoms with E-state index in [0.717, 1.165) is 17.0 Å². The molecule has 0 saturated carbocycles. The number of nitrogens with one attached hydrogen (secondary N) is 1. The number of para-hydroxylation sites is 1. The fraction of sp³-hybridized carbons (Fsp3) is 0.350. The molecule has 2 aromatic rings. The Balaban J connectivity index is 1.77. The van der Waals surface area contributed by atoms with Gasteiger partial charge in [-0.3, -0.25) is 9.59 Å². The van der Waals surface area contributed by atoms with Crippen molar-refractivity contribution in [3.63, 3.8) is 0 Å². The number of fused-ring (bicyclic) bond motifs is 2. The van der Waals surface area contributed by atoms with Crippen LogP contribution in [-0.2, 0) is 4.79 Å². The van der Waals surface area contributed by atoms with Gasteiger partial charge >= 0.3 is 0 Å². The Kier molecular flexibility index (Phi) is 5.93. The molecule has 26 heavy (non-hydrogen) atoms. The third kappa shape index (κ3) is 4.25. The molecular weight excluding hydrogens is 346 g/mol. The lowest BCUT2D eigenvalue weighted by Crippen LogP contribution is -2.35. The van der Waals surface area contributed by atoms with Crippen LogP contribution in [-0.4, -0.2) is 29.9 Å². The van der Waals surface area contributed by atoms with E-state index in [2.05, 4.69) is 24.1 Å².